The highest BCUT2D eigenvalue weighted by Crippen LogP contribution is 2.19. The molecule has 1 saturated heterocycles. The number of carbonyl (C=O) groups is 10. The van der Waals surface area contributed by atoms with Gasteiger partial charge in [0.1, 0.15) is 54.4 Å². The first-order valence-electron chi connectivity index (χ1n) is 27.3. The number of aliphatic carboxylic acids is 7. The predicted octanol–water partition coefficient (Wildman–Crippen LogP) is -2.45. The number of hydrogen-bond acceptors (Lipinski definition) is 23. The number of carboxylic acids is 7. The molecule has 1 aliphatic heterocycles. The topological polar surface area (TPSA) is 658 Å². The van der Waals surface area contributed by atoms with Gasteiger partial charge in [-0.15, -0.1) is 0 Å². The molecule has 0 unspecified atom stereocenters. The van der Waals surface area contributed by atoms with Crippen LogP contribution in [0.4, 0.5) is 0 Å². The number of rotatable bonds is 25. The van der Waals surface area contributed by atoms with Gasteiger partial charge in [-0.05, 0) is 80.6 Å². The van der Waals surface area contributed by atoms with Gasteiger partial charge in [-0.1, -0.05) is 82.6 Å². The van der Waals surface area contributed by atoms with Crippen LogP contribution in [0, 0.1) is 11.8 Å². The van der Waals surface area contributed by atoms with Gasteiger partial charge >= 0.3 is 53.7 Å². The molecule has 31 N–H and O–H groups in total. The molecule has 1 amide bonds. The quantitative estimate of drug-likeness (QED) is 0.0186. The van der Waals surface area contributed by atoms with Crippen LogP contribution in [-0.2, 0) is 71.9 Å². The molecule has 0 radical (unpaired) electrons. The van der Waals surface area contributed by atoms with E-state index in [9.17, 15) is 47.9 Å². The van der Waals surface area contributed by atoms with Crippen LogP contribution in [0.1, 0.15) is 89.5 Å². The summed E-state index contributed by atoms with van der Waals surface area (Å²) in [6.45, 7) is 8.32. The number of amides is 1. The molecule has 0 bridgehead atoms. The van der Waals surface area contributed by atoms with Crippen LogP contribution in [-0.4, -0.2) is 190 Å². The fourth-order valence-electron chi connectivity index (χ4n) is 6.34. The molecule has 0 saturated carbocycles. The van der Waals surface area contributed by atoms with Crippen molar-refractivity contribution in [2.24, 2.45) is 69.2 Å². The minimum Gasteiger partial charge on any atom is -0.480 e. The predicted molar refractivity (Wildman–Crippen MR) is 322 cm³/mol. The second-order valence-corrected chi connectivity index (χ2v) is 20.1. The van der Waals surface area contributed by atoms with Gasteiger partial charge in [-0.2, -0.15) is 0 Å². The van der Waals surface area contributed by atoms with Crippen molar-refractivity contribution in [1.29, 1.82) is 0 Å². The summed E-state index contributed by atoms with van der Waals surface area (Å²) in [5.74, 6) is -8.68. The maximum atomic E-state index is 11.6. The smallest absolute Gasteiger partial charge is 0.330 e. The summed E-state index contributed by atoms with van der Waals surface area (Å²) in [5.41, 5.74) is 55.3. The summed E-state index contributed by atoms with van der Waals surface area (Å²) in [6.07, 6.45) is 9.90. The van der Waals surface area contributed by atoms with Gasteiger partial charge in [-0.25, -0.2) is 14.6 Å². The van der Waals surface area contributed by atoms with Crippen molar-refractivity contribution in [3.8, 4) is 0 Å². The Morgan fingerprint density at radius 3 is 1.52 bits per heavy atom. The highest BCUT2D eigenvalue weighted by Gasteiger charge is 2.28. The van der Waals surface area contributed by atoms with Crippen LogP contribution in [0.25, 0.3) is 10.9 Å². The number of nitrogens with two attached hydrogens (primary N) is 10. The number of aromatic nitrogens is 3. The summed E-state index contributed by atoms with van der Waals surface area (Å²) >= 11 is 0. The lowest BCUT2D eigenvalue weighted by Gasteiger charge is -2.12. The average Bonchev–Trinajstić information content (AvgIpc) is 3.33. The maximum Gasteiger partial charge on any atom is 0.330 e. The number of H-pyrrole nitrogens is 2. The number of benzene rings is 2. The number of fused-ring (bicyclic) bond motifs is 1. The number of ether oxygens (including phenoxy) is 1. The third-order valence-electron chi connectivity index (χ3n) is 11.5. The molecule has 1 fully saturated rings. The summed E-state index contributed by atoms with van der Waals surface area (Å²) < 4.78 is 4.75. The SMILES string of the molecule is CC(C)C[C@H](N)C(=O)O.CC(C)[C@H](N)C(=O)O.NC(=O)C[C@H](N)C(=O)O.NCCCC[C@H](N)C(=O)O.N[C@@H](CO)C(=O)O.N[C@@H](Cc1c[nH]c2ccccc12)C(=O)O.N[C@@H](Cc1ccccc1)C(=O)O.N[C@@H](Cc1cnc[nH]1)C(=O)OC(=O)[C@@H]1CCCN1. The fourth-order valence-corrected chi connectivity index (χ4v) is 6.34. The van der Waals surface area contributed by atoms with E-state index in [0.29, 0.717) is 44.6 Å². The Bertz CT molecular complexity index is 2660. The Balaban J connectivity index is -0.000000959. The Kier molecular flexibility index (Phi) is 45.5. The Morgan fingerprint density at radius 2 is 1.14 bits per heavy atom. The summed E-state index contributed by atoms with van der Waals surface area (Å²) in [5, 5.41) is 70.1. The molecule has 2 aromatic carbocycles. The highest BCUT2D eigenvalue weighted by molar-refractivity contribution is 5.91. The number of aliphatic hydroxyl groups is 1. The van der Waals surface area contributed by atoms with Crippen LogP contribution >= 0.6 is 0 Å². The highest BCUT2D eigenvalue weighted by atomic mass is 16.6. The third-order valence-corrected chi connectivity index (χ3v) is 11.5. The lowest BCUT2D eigenvalue weighted by atomic mass is 10.1. The van der Waals surface area contributed by atoms with Crippen molar-refractivity contribution in [2.45, 2.75) is 146 Å². The molecule has 496 valence electrons. The van der Waals surface area contributed by atoms with Crippen LogP contribution in [0.15, 0.2) is 73.3 Å². The molecule has 9 atom stereocenters. The molecule has 5 rings (SSSR count). The zero-order valence-corrected chi connectivity index (χ0v) is 49.8. The van der Waals surface area contributed by atoms with E-state index in [1.54, 1.807) is 20.0 Å². The van der Waals surface area contributed by atoms with E-state index in [4.69, 9.17) is 97.2 Å². The van der Waals surface area contributed by atoms with Crippen molar-refractivity contribution < 1.29 is 93.5 Å². The molecular formula is C55H92N14O19. The number of nitrogens with one attached hydrogen (secondary N) is 3. The van der Waals surface area contributed by atoms with Crippen molar-refractivity contribution in [3.05, 3.63) is 90.1 Å². The largest absolute Gasteiger partial charge is 0.480 e. The number of hydrogen-bond donors (Lipinski definition) is 21. The third kappa shape index (κ3) is 41.7. The van der Waals surface area contributed by atoms with Gasteiger partial charge in [-0.3, -0.25) is 38.4 Å². The van der Waals surface area contributed by atoms with E-state index in [0.717, 1.165) is 53.5 Å². The summed E-state index contributed by atoms with van der Waals surface area (Å²) in [4.78, 5) is 114. The van der Waals surface area contributed by atoms with Crippen LogP contribution in [0.5, 0.6) is 0 Å². The zero-order valence-electron chi connectivity index (χ0n) is 49.8. The summed E-state index contributed by atoms with van der Waals surface area (Å²) in [6, 6.07) is 9.80. The minimum atomic E-state index is -1.21. The molecule has 0 spiro atoms. The Morgan fingerprint density at radius 1 is 0.614 bits per heavy atom. The number of esters is 2. The molecule has 33 nitrogen and oxygen atoms in total. The molecule has 88 heavy (non-hydrogen) atoms. The lowest BCUT2D eigenvalue weighted by Crippen LogP contribution is -2.40. The van der Waals surface area contributed by atoms with Gasteiger partial charge in [0.15, 0.2) is 0 Å². The number of aromatic amines is 2. The molecule has 2 aromatic heterocycles. The van der Waals surface area contributed by atoms with Crippen molar-refractivity contribution in [3.63, 3.8) is 0 Å². The number of carbonyl (C=O) groups excluding carboxylic acids is 3. The van der Waals surface area contributed by atoms with E-state index in [1.165, 1.54) is 6.33 Å². The second-order valence-electron chi connectivity index (χ2n) is 20.1. The van der Waals surface area contributed by atoms with Crippen LogP contribution in [0.3, 0.4) is 0 Å². The first-order valence-corrected chi connectivity index (χ1v) is 27.3. The molecule has 3 heterocycles. The molecule has 0 aliphatic carbocycles. The number of para-hydroxylation sites is 1. The van der Waals surface area contributed by atoms with Gasteiger partial charge in [0, 0.05) is 41.8 Å². The van der Waals surface area contributed by atoms with Gasteiger partial charge < -0.3 is 118 Å². The number of aliphatic hydroxyl groups excluding tert-OH is 1. The molecular weight excluding hydrogens is 1160 g/mol. The van der Waals surface area contributed by atoms with E-state index in [-0.39, 0.29) is 24.8 Å². The second kappa shape index (κ2) is 47.8. The first-order chi connectivity index (χ1) is 41.0. The fraction of sp³-hybridized carbons (Fsp3) is 0.509. The average molecular weight is 1250 g/mol. The van der Waals surface area contributed by atoms with E-state index < -0.39 is 115 Å². The van der Waals surface area contributed by atoms with Crippen molar-refractivity contribution >= 4 is 70.5 Å². The number of imidazole rings is 1. The number of nitrogens with zero attached hydrogens (tertiary/aromatic N) is 1. The Labute approximate surface area is 508 Å². The number of carboxylic acid groups (broad SMARTS) is 7. The molecule has 1 aliphatic rings. The lowest BCUT2D eigenvalue weighted by molar-refractivity contribution is -0.162. The minimum absolute atomic E-state index is 0.0208. The summed E-state index contributed by atoms with van der Waals surface area (Å²) in [7, 11) is 0. The standard InChI is InChI=1S/C11H16N4O3.C11H12N2O2.C9H11NO2.C6H14N2O2.C6H13NO2.C5H11NO2.C4H8N2O3.C3H7NO3/c12-8(4-7-5-13-6-15-7)10(16)18-11(17)9-2-1-3-14-9;12-9(11(14)15)5-7-6-13-10-4-2-1-3-8(7)10;10-8(9(11)12)6-7-4-2-1-3-5-7;7-4-2-1-3-5(8)6(9)10;1-4(2)3-5(7)6(8)9;1-3(2)4(6)5(7)8;5-2(4(8)9)1-3(6)7;4-2(1-5)3(6)7/h5-6,8-9,14H,1-4,12H2,(H,13,15);1-4,6,9,13H,5,12H2,(H,14,15);1-5,8H,6,10H2,(H,11,12);5H,1-4,7-8H2,(H,9,10);4-5H,3,7H2,1-2H3,(H,8,9);3-4H,6H2,1-2H3,(H,7,8);2H,1,5H2,(H2,6,7)(H,8,9);2,5H,1,4H2,(H,6,7)/t8-,9-;9-;8-;2*5-;4-;2*2-/m00000000/s1. The zero-order chi connectivity index (χ0) is 68.2. The maximum absolute atomic E-state index is 11.6. The van der Waals surface area contributed by atoms with E-state index in [2.05, 4.69) is 26.0 Å². The van der Waals surface area contributed by atoms with Crippen molar-refractivity contribution in [2.75, 3.05) is 19.7 Å². The van der Waals surface area contributed by atoms with Crippen molar-refractivity contribution in [1.82, 2.24) is 20.3 Å². The number of primary amides is 1. The Hall–Kier alpha value is -8.35. The molecule has 33 heteroatoms. The van der Waals surface area contributed by atoms with Gasteiger partial charge in [0.05, 0.1) is 19.4 Å². The van der Waals surface area contributed by atoms with E-state index in [1.807, 2.05) is 74.6 Å². The normalized spacial score (nSPS) is 14.6. The first kappa shape index (κ1) is 83.9. The van der Waals surface area contributed by atoms with Gasteiger partial charge in [0.2, 0.25) is 5.91 Å². The van der Waals surface area contributed by atoms with E-state index >= 15 is 0 Å². The van der Waals surface area contributed by atoms with Crippen LogP contribution < -0.4 is 62.7 Å². The van der Waals surface area contributed by atoms with Gasteiger partial charge in [0.25, 0.3) is 0 Å². The van der Waals surface area contributed by atoms with Crippen LogP contribution in [0.2, 0.25) is 0 Å². The monoisotopic (exact) mass is 1250 g/mol. The number of unbranched alkanes of at least 4 members (excludes halogenated alkanes) is 1. The molecule has 4 aromatic rings.